The molecule has 0 aliphatic carbocycles. The van der Waals surface area contributed by atoms with E-state index in [1.165, 1.54) is 0 Å². The Morgan fingerprint density at radius 3 is 2.07 bits per heavy atom. The second-order valence-electron chi connectivity index (χ2n) is 5.22. The zero-order valence-corrected chi connectivity index (χ0v) is 16.0. The second-order valence-corrected chi connectivity index (χ2v) is 6.90. The predicted molar refractivity (Wildman–Crippen MR) is 94.5 cm³/mol. The Bertz CT molecular complexity index is 978. The lowest BCUT2D eigenvalue weighted by Gasteiger charge is -2.09. The maximum atomic E-state index is 12.6. The van der Waals surface area contributed by atoms with Gasteiger partial charge in [-0.3, -0.25) is 9.82 Å². The van der Waals surface area contributed by atoms with Crippen molar-refractivity contribution < 1.29 is 37.0 Å². The van der Waals surface area contributed by atoms with E-state index in [-0.39, 0.29) is 29.2 Å². The van der Waals surface area contributed by atoms with Crippen LogP contribution in [0.3, 0.4) is 0 Å². The summed E-state index contributed by atoms with van der Waals surface area (Å²) in [7, 11) is -2.04. The van der Waals surface area contributed by atoms with E-state index in [1.807, 2.05) is 0 Å². The van der Waals surface area contributed by atoms with Crippen LogP contribution in [0, 0.1) is 0 Å². The minimum absolute atomic E-state index is 0.0573. The van der Waals surface area contributed by atoms with Crippen LogP contribution in [-0.2, 0) is 24.2 Å². The molecule has 150 valence electrons. The maximum Gasteiger partial charge on any atom is 0.356 e. The van der Waals surface area contributed by atoms with Crippen molar-refractivity contribution in [3.8, 4) is 0 Å². The van der Waals surface area contributed by atoms with E-state index in [9.17, 15) is 22.8 Å². The molecule has 0 fully saturated rings. The summed E-state index contributed by atoms with van der Waals surface area (Å²) in [6.07, 6.45) is 0. The summed E-state index contributed by atoms with van der Waals surface area (Å²) < 4.78 is 41.3. The number of hydrogen-bond acceptors (Lipinski definition) is 9. The Labute approximate surface area is 160 Å². The topological polar surface area (TPSA) is 154 Å². The van der Waals surface area contributed by atoms with Gasteiger partial charge in [-0.1, -0.05) is 0 Å². The molecule has 1 aromatic heterocycles. The zero-order chi connectivity index (χ0) is 20.9. The molecule has 12 heteroatoms. The Kier molecular flexibility index (Phi) is 6.36. The van der Waals surface area contributed by atoms with Crippen molar-refractivity contribution in [1.82, 2.24) is 10.2 Å². The summed E-state index contributed by atoms with van der Waals surface area (Å²) in [5.74, 6) is -2.58. The molecule has 0 atom stereocenters. The lowest BCUT2D eigenvalue weighted by Crippen LogP contribution is -2.16. The van der Waals surface area contributed by atoms with Crippen molar-refractivity contribution in [1.29, 1.82) is 0 Å². The number of nitrogens with one attached hydrogen (secondary N) is 2. The Morgan fingerprint density at radius 1 is 1.00 bits per heavy atom. The number of aromatic amines is 1. The van der Waals surface area contributed by atoms with Crippen molar-refractivity contribution in [2.24, 2.45) is 0 Å². The zero-order valence-electron chi connectivity index (χ0n) is 15.1. The van der Waals surface area contributed by atoms with Crippen LogP contribution >= 0.6 is 0 Å². The largest absolute Gasteiger partial charge is 0.465 e. The molecule has 0 unspecified atom stereocenters. The lowest BCUT2D eigenvalue weighted by atomic mass is 10.1. The minimum Gasteiger partial charge on any atom is -0.465 e. The Balaban J connectivity index is 2.40. The number of benzene rings is 1. The van der Waals surface area contributed by atoms with Gasteiger partial charge in [0, 0.05) is 6.07 Å². The molecular formula is C16H17N3O8S. The maximum absolute atomic E-state index is 12.6. The van der Waals surface area contributed by atoms with Crippen LogP contribution in [0.4, 0.5) is 5.82 Å². The molecule has 0 saturated carbocycles. The standard InChI is InChI=1S/C16H17N3O8S/c1-4-27-16(22)12-8-13(18-17-12)19-28(23,24)11-6-9(14(20)25-2)5-10(7-11)15(21)26-3/h5-8H,4H2,1-3H3,(H2,17,18,19). The number of H-pyrrole nitrogens is 1. The van der Waals surface area contributed by atoms with Crippen LogP contribution in [0.25, 0.3) is 0 Å². The number of hydrogen-bond donors (Lipinski definition) is 2. The molecule has 2 rings (SSSR count). The summed E-state index contributed by atoms with van der Waals surface area (Å²) in [5, 5.41) is 6.02. The smallest absolute Gasteiger partial charge is 0.356 e. The first-order chi connectivity index (χ1) is 13.2. The summed E-state index contributed by atoms with van der Waals surface area (Å²) in [6.45, 7) is 1.75. The molecule has 0 bridgehead atoms. The van der Waals surface area contributed by atoms with Crippen LogP contribution in [-0.4, -0.2) is 57.3 Å². The highest BCUT2D eigenvalue weighted by atomic mass is 32.2. The molecule has 1 heterocycles. The van der Waals surface area contributed by atoms with Crippen LogP contribution in [0.2, 0.25) is 0 Å². The van der Waals surface area contributed by atoms with Gasteiger partial charge < -0.3 is 14.2 Å². The number of methoxy groups -OCH3 is 2. The predicted octanol–water partition coefficient (Wildman–Crippen LogP) is 0.960. The van der Waals surface area contributed by atoms with Crippen molar-refractivity contribution in [3.05, 3.63) is 41.1 Å². The van der Waals surface area contributed by atoms with E-state index in [0.29, 0.717) is 0 Å². The van der Waals surface area contributed by atoms with E-state index < -0.39 is 32.8 Å². The molecule has 2 N–H and O–H groups in total. The van der Waals surface area contributed by atoms with Crippen LogP contribution in [0.1, 0.15) is 38.1 Å². The Hall–Kier alpha value is -3.41. The summed E-state index contributed by atoms with van der Waals surface area (Å²) in [5.41, 5.74) is -0.391. The number of esters is 3. The van der Waals surface area contributed by atoms with Crippen LogP contribution in [0.15, 0.2) is 29.2 Å². The lowest BCUT2D eigenvalue weighted by molar-refractivity contribution is 0.0517. The average Bonchev–Trinajstić information content (AvgIpc) is 3.14. The molecular weight excluding hydrogens is 394 g/mol. The number of carbonyl (C=O) groups is 3. The van der Waals surface area contributed by atoms with Gasteiger partial charge in [0.05, 0.1) is 36.8 Å². The fraction of sp³-hybridized carbons (Fsp3) is 0.250. The molecule has 0 aliphatic rings. The molecule has 0 amide bonds. The number of nitrogens with zero attached hydrogens (tertiary/aromatic N) is 1. The van der Waals surface area contributed by atoms with E-state index >= 15 is 0 Å². The molecule has 11 nitrogen and oxygen atoms in total. The third-order valence-corrected chi connectivity index (χ3v) is 4.71. The van der Waals surface area contributed by atoms with Crippen molar-refractivity contribution in [2.75, 3.05) is 25.5 Å². The number of ether oxygens (including phenoxy) is 3. The van der Waals surface area contributed by atoms with E-state index in [0.717, 1.165) is 38.5 Å². The molecule has 0 radical (unpaired) electrons. The summed E-state index contributed by atoms with van der Waals surface area (Å²) in [4.78, 5) is 34.8. The van der Waals surface area contributed by atoms with Gasteiger partial charge >= 0.3 is 17.9 Å². The van der Waals surface area contributed by atoms with Crippen LogP contribution in [0.5, 0.6) is 0 Å². The highest BCUT2D eigenvalue weighted by Crippen LogP contribution is 2.20. The third-order valence-electron chi connectivity index (χ3n) is 3.37. The first kappa shape index (κ1) is 20.9. The fourth-order valence-corrected chi connectivity index (χ4v) is 3.17. The van der Waals surface area contributed by atoms with Crippen molar-refractivity contribution in [2.45, 2.75) is 11.8 Å². The normalized spacial score (nSPS) is 10.8. The van der Waals surface area contributed by atoms with Crippen molar-refractivity contribution >= 4 is 33.7 Å². The molecule has 0 spiro atoms. The molecule has 0 aliphatic heterocycles. The Morgan fingerprint density at radius 2 is 1.57 bits per heavy atom. The van der Waals surface area contributed by atoms with E-state index in [1.54, 1.807) is 6.92 Å². The van der Waals surface area contributed by atoms with Gasteiger partial charge in [0.15, 0.2) is 5.82 Å². The number of carbonyl (C=O) groups excluding carboxylic acids is 3. The van der Waals surface area contributed by atoms with E-state index in [2.05, 4.69) is 24.4 Å². The van der Waals surface area contributed by atoms with Gasteiger partial charge in [-0.05, 0) is 25.1 Å². The van der Waals surface area contributed by atoms with Gasteiger partial charge in [-0.15, -0.1) is 0 Å². The van der Waals surface area contributed by atoms with Crippen molar-refractivity contribution in [3.63, 3.8) is 0 Å². The molecule has 2 aromatic rings. The second kappa shape index (κ2) is 8.52. The highest BCUT2D eigenvalue weighted by molar-refractivity contribution is 7.92. The highest BCUT2D eigenvalue weighted by Gasteiger charge is 2.22. The van der Waals surface area contributed by atoms with Gasteiger partial charge in [0.2, 0.25) is 0 Å². The average molecular weight is 411 g/mol. The van der Waals surface area contributed by atoms with E-state index in [4.69, 9.17) is 4.74 Å². The number of rotatable bonds is 7. The fourth-order valence-electron chi connectivity index (χ4n) is 2.11. The first-order valence-electron chi connectivity index (χ1n) is 7.79. The molecule has 28 heavy (non-hydrogen) atoms. The minimum atomic E-state index is -4.27. The summed E-state index contributed by atoms with van der Waals surface area (Å²) in [6, 6.07) is 4.34. The molecule has 0 saturated heterocycles. The van der Waals surface area contributed by atoms with Gasteiger partial charge in [0.25, 0.3) is 10.0 Å². The summed E-state index contributed by atoms with van der Waals surface area (Å²) >= 11 is 0. The first-order valence-corrected chi connectivity index (χ1v) is 9.27. The number of aromatic nitrogens is 2. The van der Waals surface area contributed by atoms with Crippen LogP contribution < -0.4 is 4.72 Å². The quantitative estimate of drug-likeness (QED) is 0.501. The SMILES string of the molecule is CCOC(=O)c1cc(NS(=O)(=O)c2cc(C(=O)OC)cc(C(=O)OC)c2)n[nH]1. The number of anilines is 1. The number of sulfonamides is 1. The third kappa shape index (κ3) is 4.65. The monoisotopic (exact) mass is 411 g/mol. The van der Waals surface area contributed by atoms with Gasteiger partial charge in [0.1, 0.15) is 5.69 Å². The van der Waals surface area contributed by atoms with Gasteiger partial charge in [-0.25, -0.2) is 22.8 Å². The van der Waals surface area contributed by atoms with Gasteiger partial charge in [-0.2, -0.15) is 5.10 Å². The molecule has 1 aromatic carbocycles.